The quantitative estimate of drug-likeness (QED) is 0.848. The second kappa shape index (κ2) is 4.74. The lowest BCUT2D eigenvalue weighted by atomic mass is 9.89. The van der Waals surface area contributed by atoms with E-state index in [1.54, 1.807) is 12.1 Å². The summed E-state index contributed by atoms with van der Waals surface area (Å²) in [6.45, 7) is 4.85. The van der Waals surface area contributed by atoms with E-state index in [-0.39, 0.29) is 11.9 Å². The molecule has 2 nitrogen and oxygen atoms in total. The third-order valence-corrected chi connectivity index (χ3v) is 3.88. The van der Waals surface area contributed by atoms with Gasteiger partial charge in [0.2, 0.25) is 0 Å². The molecule has 0 amide bonds. The summed E-state index contributed by atoms with van der Waals surface area (Å²) in [4.78, 5) is 4.42. The fraction of sp³-hybridized carbons (Fsp3) is 0.312. The SMILES string of the molecule is Cc1cc(C2NCCc3c(F)cccc32)cnc1C. The van der Waals surface area contributed by atoms with Crippen LogP contribution >= 0.6 is 0 Å². The largest absolute Gasteiger partial charge is 0.306 e. The summed E-state index contributed by atoms with van der Waals surface area (Å²) in [6.07, 6.45) is 2.64. The molecular formula is C16H17FN2. The van der Waals surface area contributed by atoms with Crippen LogP contribution < -0.4 is 5.32 Å². The van der Waals surface area contributed by atoms with Gasteiger partial charge in [-0.2, -0.15) is 0 Å². The molecule has 2 heterocycles. The summed E-state index contributed by atoms with van der Waals surface area (Å²) < 4.78 is 13.9. The number of nitrogens with one attached hydrogen (secondary N) is 1. The number of pyridine rings is 1. The smallest absolute Gasteiger partial charge is 0.126 e. The summed E-state index contributed by atoms with van der Waals surface area (Å²) in [5.74, 6) is -0.0965. The first-order valence-electron chi connectivity index (χ1n) is 6.60. The molecular weight excluding hydrogens is 239 g/mol. The van der Waals surface area contributed by atoms with Gasteiger partial charge in [0.1, 0.15) is 5.82 Å². The molecule has 1 aromatic heterocycles. The molecule has 1 aliphatic rings. The van der Waals surface area contributed by atoms with Crippen molar-refractivity contribution in [3.05, 3.63) is 64.2 Å². The van der Waals surface area contributed by atoms with Crippen molar-refractivity contribution in [1.29, 1.82) is 0 Å². The van der Waals surface area contributed by atoms with E-state index in [4.69, 9.17) is 0 Å². The molecule has 0 fully saturated rings. The van der Waals surface area contributed by atoms with Gasteiger partial charge in [0.05, 0.1) is 6.04 Å². The highest BCUT2D eigenvalue weighted by atomic mass is 19.1. The van der Waals surface area contributed by atoms with E-state index in [1.165, 1.54) is 5.56 Å². The van der Waals surface area contributed by atoms with Crippen LogP contribution in [-0.2, 0) is 6.42 Å². The van der Waals surface area contributed by atoms with E-state index < -0.39 is 0 Å². The van der Waals surface area contributed by atoms with Crippen LogP contribution in [0.4, 0.5) is 4.39 Å². The fourth-order valence-corrected chi connectivity index (χ4v) is 2.68. The molecule has 3 rings (SSSR count). The van der Waals surface area contributed by atoms with Crippen molar-refractivity contribution in [2.24, 2.45) is 0 Å². The molecule has 19 heavy (non-hydrogen) atoms. The van der Waals surface area contributed by atoms with Gasteiger partial charge in [0.25, 0.3) is 0 Å². The van der Waals surface area contributed by atoms with E-state index in [2.05, 4.69) is 23.3 Å². The molecule has 0 radical (unpaired) electrons. The highest BCUT2D eigenvalue weighted by Gasteiger charge is 2.23. The summed E-state index contributed by atoms with van der Waals surface area (Å²) in [5.41, 5.74) is 5.19. The first-order valence-corrected chi connectivity index (χ1v) is 6.60. The Bertz CT molecular complexity index is 622. The van der Waals surface area contributed by atoms with Crippen molar-refractivity contribution in [3.8, 4) is 0 Å². The van der Waals surface area contributed by atoms with Crippen molar-refractivity contribution in [3.63, 3.8) is 0 Å². The molecule has 1 atom stereocenters. The Morgan fingerprint density at radius 3 is 2.95 bits per heavy atom. The predicted molar refractivity (Wildman–Crippen MR) is 73.7 cm³/mol. The standard InChI is InChI=1S/C16H17FN2/c1-10-8-12(9-19-11(10)2)16-14-4-3-5-15(17)13(14)6-7-18-16/h3-5,8-9,16,18H,6-7H2,1-2H3. The summed E-state index contributed by atoms with van der Waals surface area (Å²) >= 11 is 0. The number of hydrogen-bond donors (Lipinski definition) is 1. The average Bonchev–Trinajstić information content (AvgIpc) is 2.42. The van der Waals surface area contributed by atoms with Gasteiger partial charge in [-0.25, -0.2) is 4.39 Å². The van der Waals surface area contributed by atoms with Gasteiger partial charge in [-0.3, -0.25) is 4.98 Å². The topological polar surface area (TPSA) is 24.9 Å². The molecule has 3 heteroatoms. The van der Waals surface area contributed by atoms with E-state index in [9.17, 15) is 4.39 Å². The van der Waals surface area contributed by atoms with Gasteiger partial charge in [0.15, 0.2) is 0 Å². The van der Waals surface area contributed by atoms with Crippen LogP contribution in [-0.4, -0.2) is 11.5 Å². The maximum absolute atomic E-state index is 13.9. The van der Waals surface area contributed by atoms with Crippen molar-refractivity contribution < 1.29 is 4.39 Å². The predicted octanol–water partition coefficient (Wildman–Crippen LogP) is 3.07. The van der Waals surface area contributed by atoms with Crippen LogP contribution in [0.3, 0.4) is 0 Å². The van der Waals surface area contributed by atoms with E-state index in [1.807, 2.05) is 19.2 Å². The van der Waals surface area contributed by atoms with Gasteiger partial charge < -0.3 is 5.32 Å². The highest BCUT2D eigenvalue weighted by molar-refractivity contribution is 5.40. The maximum atomic E-state index is 13.9. The van der Waals surface area contributed by atoms with Gasteiger partial charge in [-0.15, -0.1) is 0 Å². The second-order valence-corrected chi connectivity index (χ2v) is 5.12. The third kappa shape index (κ3) is 2.15. The van der Waals surface area contributed by atoms with Crippen LogP contribution in [0.15, 0.2) is 30.5 Å². The molecule has 98 valence electrons. The van der Waals surface area contributed by atoms with Crippen molar-refractivity contribution in [2.45, 2.75) is 26.3 Å². The minimum Gasteiger partial charge on any atom is -0.306 e. The van der Waals surface area contributed by atoms with Gasteiger partial charge in [-0.1, -0.05) is 18.2 Å². The van der Waals surface area contributed by atoms with Gasteiger partial charge >= 0.3 is 0 Å². The minimum atomic E-state index is -0.0965. The van der Waals surface area contributed by atoms with Crippen LogP contribution in [0, 0.1) is 19.7 Å². The molecule has 2 aromatic rings. The van der Waals surface area contributed by atoms with Crippen molar-refractivity contribution in [2.75, 3.05) is 6.54 Å². The Morgan fingerprint density at radius 2 is 2.16 bits per heavy atom. The number of hydrogen-bond acceptors (Lipinski definition) is 2. The third-order valence-electron chi connectivity index (χ3n) is 3.88. The Balaban J connectivity index is 2.08. The number of benzene rings is 1. The van der Waals surface area contributed by atoms with Crippen LogP contribution in [0.1, 0.15) is 34.0 Å². The first-order chi connectivity index (χ1) is 9.16. The zero-order chi connectivity index (χ0) is 13.4. The first kappa shape index (κ1) is 12.3. The molecule has 0 saturated carbocycles. The number of fused-ring (bicyclic) bond motifs is 1. The fourth-order valence-electron chi connectivity index (χ4n) is 2.68. The lowest BCUT2D eigenvalue weighted by molar-refractivity contribution is 0.530. The molecule has 1 N–H and O–H groups in total. The Labute approximate surface area is 112 Å². The normalized spacial score (nSPS) is 18.2. The van der Waals surface area contributed by atoms with E-state index in [0.717, 1.165) is 35.3 Å². The molecule has 0 spiro atoms. The van der Waals surface area contributed by atoms with Crippen molar-refractivity contribution in [1.82, 2.24) is 10.3 Å². The maximum Gasteiger partial charge on any atom is 0.126 e. The van der Waals surface area contributed by atoms with Crippen LogP contribution in [0.25, 0.3) is 0 Å². The lowest BCUT2D eigenvalue weighted by Gasteiger charge is -2.27. The average molecular weight is 256 g/mol. The molecule has 1 unspecified atom stereocenters. The Hall–Kier alpha value is -1.74. The molecule has 0 bridgehead atoms. The van der Waals surface area contributed by atoms with Crippen molar-refractivity contribution >= 4 is 0 Å². The number of rotatable bonds is 1. The number of nitrogens with zero attached hydrogens (tertiary/aromatic N) is 1. The van der Waals surface area contributed by atoms with Crippen LogP contribution in [0.5, 0.6) is 0 Å². The van der Waals surface area contributed by atoms with Gasteiger partial charge in [0, 0.05) is 18.4 Å². The molecule has 1 aliphatic heterocycles. The lowest BCUT2D eigenvalue weighted by Crippen LogP contribution is -2.31. The monoisotopic (exact) mass is 256 g/mol. The summed E-state index contributed by atoms with van der Waals surface area (Å²) in [5, 5.41) is 3.46. The van der Waals surface area contributed by atoms with E-state index in [0.29, 0.717) is 0 Å². The van der Waals surface area contributed by atoms with Crippen LogP contribution in [0.2, 0.25) is 0 Å². The number of aryl methyl sites for hydroxylation is 2. The van der Waals surface area contributed by atoms with Gasteiger partial charge in [-0.05, 0) is 48.6 Å². The van der Waals surface area contributed by atoms with E-state index >= 15 is 0 Å². The number of halogens is 1. The molecule has 1 aromatic carbocycles. The molecule has 0 saturated heterocycles. The Kier molecular flexibility index (Phi) is 3.07. The summed E-state index contributed by atoms with van der Waals surface area (Å²) in [7, 11) is 0. The summed E-state index contributed by atoms with van der Waals surface area (Å²) in [6, 6.07) is 7.51. The Morgan fingerprint density at radius 1 is 1.32 bits per heavy atom. The zero-order valence-corrected chi connectivity index (χ0v) is 11.2. The number of aromatic nitrogens is 1. The second-order valence-electron chi connectivity index (χ2n) is 5.12. The molecule has 0 aliphatic carbocycles. The zero-order valence-electron chi connectivity index (χ0n) is 11.2. The minimum absolute atomic E-state index is 0.0475. The highest BCUT2D eigenvalue weighted by Crippen LogP contribution is 2.30.